The van der Waals surface area contributed by atoms with Crippen LogP contribution in [0, 0.1) is 0 Å². The Labute approximate surface area is 139 Å². The summed E-state index contributed by atoms with van der Waals surface area (Å²) in [7, 11) is 0. The van der Waals surface area contributed by atoms with Crippen molar-refractivity contribution in [3.05, 3.63) is 53.6 Å². The predicted molar refractivity (Wildman–Crippen MR) is 88.5 cm³/mol. The van der Waals surface area contributed by atoms with Crippen molar-refractivity contribution in [2.24, 2.45) is 0 Å². The van der Waals surface area contributed by atoms with Crippen molar-refractivity contribution in [1.82, 2.24) is 5.32 Å². The second-order valence-electron chi connectivity index (χ2n) is 5.91. The third-order valence-corrected chi connectivity index (χ3v) is 4.31. The molecule has 4 rings (SSSR count). The Morgan fingerprint density at radius 1 is 1.08 bits per heavy atom. The normalized spacial score (nSPS) is 21.0. The topological polar surface area (TPSA) is 79.8 Å². The number of fused-ring (bicyclic) bond motifs is 2. The van der Waals surface area contributed by atoms with Gasteiger partial charge in [0.15, 0.2) is 11.5 Å². The predicted octanol–water partition coefficient (Wildman–Crippen LogP) is 2.24. The first-order valence-electron chi connectivity index (χ1n) is 7.94. The quantitative estimate of drug-likeness (QED) is 0.791. The van der Waals surface area contributed by atoms with Crippen LogP contribution in [0.25, 0.3) is 0 Å². The summed E-state index contributed by atoms with van der Waals surface area (Å²) in [4.78, 5) is 12.2. The van der Waals surface area contributed by atoms with Crippen LogP contribution in [0.5, 0.6) is 11.5 Å². The number of carbonyl (C=O) groups is 1. The Hall–Kier alpha value is -2.73. The fraction of sp³-hybridized carbons (Fsp3) is 0.278. The second-order valence-corrected chi connectivity index (χ2v) is 5.91. The minimum absolute atomic E-state index is 0.334. The molecule has 2 aromatic rings. The average Bonchev–Trinajstić information content (AvgIpc) is 2.91. The van der Waals surface area contributed by atoms with E-state index in [0.717, 1.165) is 11.1 Å². The summed E-state index contributed by atoms with van der Waals surface area (Å²) < 4.78 is 11.0. The number of hydrogen-bond acceptors (Lipinski definition) is 4. The number of anilines is 1. The smallest absolute Gasteiger partial charge is 0.319 e. The Bertz CT molecular complexity index is 777. The Kier molecular flexibility index (Phi) is 3.74. The molecule has 1 aliphatic carbocycles. The Morgan fingerprint density at radius 3 is 2.71 bits per heavy atom. The lowest BCUT2D eigenvalue weighted by Crippen LogP contribution is -2.40. The number of amides is 2. The van der Waals surface area contributed by atoms with Crippen molar-refractivity contribution >= 4 is 11.7 Å². The number of benzene rings is 2. The molecule has 1 aliphatic heterocycles. The minimum atomic E-state index is -0.688. The van der Waals surface area contributed by atoms with E-state index in [4.69, 9.17) is 9.47 Å². The highest BCUT2D eigenvalue weighted by molar-refractivity contribution is 5.90. The number of ether oxygens (including phenoxy) is 2. The van der Waals surface area contributed by atoms with E-state index in [1.54, 1.807) is 18.2 Å². The zero-order valence-electron chi connectivity index (χ0n) is 13.0. The number of hydrogen-bond donors (Lipinski definition) is 3. The molecule has 2 aromatic carbocycles. The summed E-state index contributed by atoms with van der Waals surface area (Å²) in [6, 6.07) is 12.2. The van der Waals surface area contributed by atoms with Gasteiger partial charge in [-0.3, -0.25) is 0 Å². The molecule has 0 fully saturated rings. The third kappa shape index (κ3) is 2.76. The summed E-state index contributed by atoms with van der Waals surface area (Å²) >= 11 is 0. The van der Waals surface area contributed by atoms with Crippen molar-refractivity contribution in [2.45, 2.75) is 18.6 Å². The average molecular weight is 326 g/mol. The van der Waals surface area contributed by atoms with E-state index >= 15 is 0 Å². The molecule has 0 aromatic heterocycles. The van der Waals surface area contributed by atoms with Crippen molar-refractivity contribution in [3.63, 3.8) is 0 Å². The maximum atomic E-state index is 12.2. The molecule has 124 valence electrons. The SMILES string of the molecule is O=C(Nc1ccc2c(c1)OCCO2)NC1Cc2ccccc2C1O. The van der Waals surface area contributed by atoms with Gasteiger partial charge in [0.1, 0.15) is 13.2 Å². The number of nitrogens with one attached hydrogen (secondary N) is 2. The minimum Gasteiger partial charge on any atom is -0.486 e. The van der Waals surface area contributed by atoms with Gasteiger partial charge >= 0.3 is 6.03 Å². The van der Waals surface area contributed by atoms with Crippen LogP contribution in [0.15, 0.2) is 42.5 Å². The van der Waals surface area contributed by atoms with Gasteiger partial charge in [0.25, 0.3) is 0 Å². The fourth-order valence-electron chi connectivity index (χ4n) is 3.16. The van der Waals surface area contributed by atoms with Crippen molar-refractivity contribution in [1.29, 1.82) is 0 Å². The molecule has 1 heterocycles. The van der Waals surface area contributed by atoms with Gasteiger partial charge in [-0.05, 0) is 29.7 Å². The van der Waals surface area contributed by atoms with Crippen LogP contribution in [0.4, 0.5) is 10.5 Å². The van der Waals surface area contributed by atoms with Gasteiger partial charge in [-0.25, -0.2) is 4.79 Å². The van der Waals surface area contributed by atoms with Crippen LogP contribution in [-0.4, -0.2) is 30.4 Å². The molecule has 6 nitrogen and oxygen atoms in total. The molecule has 2 amide bonds. The summed E-state index contributed by atoms with van der Waals surface area (Å²) in [5, 5.41) is 15.9. The molecule has 24 heavy (non-hydrogen) atoms. The molecule has 2 atom stereocenters. The number of carbonyl (C=O) groups excluding carboxylic acids is 1. The monoisotopic (exact) mass is 326 g/mol. The Morgan fingerprint density at radius 2 is 1.88 bits per heavy atom. The van der Waals surface area contributed by atoms with Crippen LogP contribution in [0.1, 0.15) is 17.2 Å². The van der Waals surface area contributed by atoms with E-state index in [1.165, 1.54) is 0 Å². The molecular weight excluding hydrogens is 308 g/mol. The number of urea groups is 1. The summed E-state index contributed by atoms with van der Waals surface area (Å²) in [5.41, 5.74) is 2.55. The molecule has 0 saturated heterocycles. The molecule has 6 heteroatoms. The molecule has 0 radical (unpaired) electrons. The first-order valence-corrected chi connectivity index (χ1v) is 7.94. The molecular formula is C18H18N2O4. The van der Waals surface area contributed by atoms with Crippen molar-refractivity contribution in [3.8, 4) is 11.5 Å². The lowest BCUT2D eigenvalue weighted by atomic mass is 10.1. The summed E-state index contributed by atoms with van der Waals surface area (Å²) in [5.74, 6) is 1.29. The standard InChI is InChI=1S/C18H18N2O4/c21-17-13-4-2-1-3-11(13)9-14(17)20-18(22)19-12-5-6-15-16(10-12)24-8-7-23-15/h1-6,10,14,17,21H,7-9H2,(H2,19,20,22). The molecule has 0 saturated carbocycles. The van der Waals surface area contributed by atoms with Crippen molar-refractivity contribution in [2.75, 3.05) is 18.5 Å². The highest BCUT2D eigenvalue weighted by Gasteiger charge is 2.31. The zero-order valence-corrected chi connectivity index (χ0v) is 13.0. The van der Waals surface area contributed by atoms with Crippen LogP contribution >= 0.6 is 0 Å². The molecule has 3 N–H and O–H groups in total. The maximum Gasteiger partial charge on any atom is 0.319 e. The van der Waals surface area contributed by atoms with E-state index in [2.05, 4.69) is 10.6 Å². The fourth-order valence-corrected chi connectivity index (χ4v) is 3.16. The van der Waals surface area contributed by atoms with E-state index in [9.17, 15) is 9.90 Å². The summed E-state index contributed by atoms with van der Waals surface area (Å²) in [6.07, 6.45) is -0.0708. The largest absolute Gasteiger partial charge is 0.486 e. The van der Waals surface area contributed by atoms with Crippen molar-refractivity contribution < 1.29 is 19.4 Å². The van der Waals surface area contributed by atoms with E-state index < -0.39 is 6.10 Å². The highest BCUT2D eigenvalue weighted by Crippen LogP contribution is 2.33. The van der Waals surface area contributed by atoms with Gasteiger partial charge in [-0.1, -0.05) is 24.3 Å². The molecule has 0 spiro atoms. The van der Waals surface area contributed by atoms with Crippen LogP contribution in [0.3, 0.4) is 0 Å². The van der Waals surface area contributed by atoms with E-state index in [1.807, 2.05) is 24.3 Å². The Balaban J connectivity index is 1.41. The van der Waals surface area contributed by atoms with Gasteiger partial charge in [0.2, 0.25) is 0 Å². The van der Waals surface area contributed by atoms with Gasteiger partial charge in [0, 0.05) is 11.8 Å². The molecule has 0 bridgehead atoms. The van der Waals surface area contributed by atoms with Crippen LogP contribution < -0.4 is 20.1 Å². The highest BCUT2D eigenvalue weighted by atomic mass is 16.6. The van der Waals surface area contributed by atoms with E-state index in [-0.39, 0.29) is 12.1 Å². The zero-order chi connectivity index (χ0) is 16.5. The molecule has 2 unspecified atom stereocenters. The molecule has 2 aliphatic rings. The van der Waals surface area contributed by atoms with Gasteiger partial charge in [0.05, 0.1) is 12.1 Å². The van der Waals surface area contributed by atoms with E-state index in [0.29, 0.717) is 36.8 Å². The van der Waals surface area contributed by atoms with Gasteiger partial charge < -0.3 is 25.2 Å². The summed E-state index contributed by atoms with van der Waals surface area (Å²) in [6.45, 7) is 1.02. The van der Waals surface area contributed by atoms with Crippen LogP contribution in [0.2, 0.25) is 0 Å². The van der Waals surface area contributed by atoms with Gasteiger partial charge in [-0.15, -0.1) is 0 Å². The first kappa shape index (κ1) is 14.8. The first-order chi connectivity index (χ1) is 11.7. The number of aliphatic hydroxyl groups is 1. The lowest BCUT2D eigenvalue weighted by molar-refractivity contribution is 0.145. The third-order valence-electron chi connectivity index (χ3n) is 4.31. The van der Waals surface area contributed by atoms with Crippen LogP contribution in [-0.2, 0) is 6.42 Å². The number of aliphatic hydroxyl groups excluding tert-OH is 1. The number of rotatable bonds is 2. The lowest BCUT2D eigenvalue weighted by Gasteiger charge is -2.20. The second kappa shape index (κ2) is 6.05. The maximum absolute atomic E-state index is 12.2. The van der Waals surface area contributed by atoms with Gasteiger partial charge in [-0.2, -0.15) is 0 Å².